The number of aromatic nitrogens is 3. The second-order valence-electron chi connectivity index (χ2n) is 5.42. The number of carbonyl (C=O) groups excluding carboxylic acids is 1. The van der Waals surface area contributed by atoms with E-state index in [9.17, 15) is 9.18 Å². The minimum atomic E-state index is -0.405. The van der Waals surface area contributed by atoms with Crippen LogP contribution >= 0.6 is 0 Å². The highest BCUT2D eigenvalue weighted by molar-refractivity contribution is 6.06. The number of halogens is 1. The first-order valence-electron chi connectivity index (χ1n) is 7.66. The Hall–Kier alpha value is -3.02. The number of anilines is 1. The van der Waals surface area contributed by atoms with E-state index in [2.05, 4.69) is 20.5 Å². The number of rotatable bonds is 4. The normalized spacial score (nSPS) is 10.6. The third-order valence-corrected chi connectivity index (χ3v) is 3.72. The lowest BCUT2D eigenvalue weighted by Gasteiger charge is -2.09. The Bertz CT molecular complexity index is 888. The number of amides is 1. The van der Waals surface area contributed by atoms with Crippen molar-refractivity contribution in [2.75, 3.05) is 5.32 Å². The van der Waals surface area contributed by atoms with Gasteiger partial charge in [0.1, 0.15) is 11.6 Å². The maximum Gasteiger partial charge on any atom is 0.255 e. The topological polar surface area (TPSA) is 70.7 Å². The number of nitrogens with one attached hydrogen (secondary N) is 2. The number of aryl methyl sites for hydroxylation is 2. The summed E-state index contributed by atoms with van der Waals surface area (Å²) in [6.07, 6.45) is 0.740. The fourth-order valence-electron chi connectivity index (χ4n) is 2.29. The van der Waals surface area contributed by atoms with Crippen molar-refractivity contribution in [1.82, 2.24) is 15.2 Å². The Kier molecular flexibility index (Phi) is 4.37. The first kappa shape index (κ1) is 15.9. The summed E-state index contributed by atoms with van der Waals surface area (Å²) in [7, 11) is 0. The van der Waals surface area contributed by atoms with Crippen molar-refractivity contribution in [3.63, 3.8) is 0 Å². The molecule has 0 bridgehead atoms. The van der Waals surface area contributed by atoms with Gasteiger partial charge in [-0.2, -0.15) is 5.10 Å². The zero-order chi connectivity index (χ0) is 17.1. The molecule has 0 radical (unpaired) electrons. The van der Waals surface area contributed by atoms with Crippen LogP contribution in [0.3, 0.4) is 0 Å². The molecule has 0 aliphatic heterocycles. The number of hydrogen-bond acceptors (Lipinski definition) is 3. The number of hydrogen-bond donors (Lipinski definition) is 2. The molecule has 5 nitrogen and oxygen atoms in total. The molecule has 24 heavy (non-hydrogen) atoms. The SMILES string of the molecule is CCc1nc(-c2ccccc2NC(=O)c2ccc(C)c(F)c2)n[nH]1. The van der Waals surface area contributed by atoms with Gasteiger partial charge in [-0.25, -0.2) is 9.37 Å². The van der Waals surface area contributed by atoms with Gasteiger partial charge in [0.15, 0.2) is 5.82 Å². The van der Waals surface area contributed by atoms with Crippen LogP contribution in [0.4, 0.5) is 10.1 Å². The molecule has 0 unspecified atom stereocenters. The van der Waals surface area contributed by atoms with Gasteiger partial charge in [0.25, 0.3) is 5.91 Å². The molecule has 0 aliphatic carbocycles. The molecule has 1 aromatic heterocycles. The van der Waals surface area contributed by atoms with Crippen molar-refractivity contribution in [1.29, 1.82) is 0 Å². The van der Waals surface area contributed by atoms with Crippen molar-refractivity contribution >= 4 is 11.6 Å². The lowest BCUT2D eigenvalue weighted by molar-refractivity contribution is 0.102. The van der Waals surface area contributed by atoms with Crippen molar-refractivity contribution in [3.8, 4) is 11.4 Å². The van der Waals surface area contributed by atoms with Crippen LogP contribution in [0.5, 0.6) is 0 Å². The number of para-hydroxylation sites is 1. The lowest BCUT2D eigenvalue weighted by Crippen LogP contribution is -2.13. The molecule has 0 atom stereocenters. The largest absolute Gasteiger partial charge is 0.321 e. The van der Waals surface area contributed by atoms with E-state index in [1.807, 2.05) is 25.1 Å². The molecule has 0 aliphatic rings. The number of nitrogens with zero attached hydrogens (tertiary/aromatic N) is 2. The molecule has 2 N–H and O–H groups in total. The van der Waals surface area contributed by atoms with E-state index >= 15 is 0 Å². The Balaban J connectivity index is 1.90. The molecule has 0 saturated heterocycles. The van der Waals surface area contributed by atoms with E-state index in [1.165, 1.54) is 6.07 Å². The smallest absolute Gasteiger partial charge is 0.255 e. The van der Waals surface area contributed by atoms with Crippen molar-refractivity contribution in [2.24, 2.45) is 0 Å². The molecule has 0 fully saturated rings. The molecule has 3 aromatic rings. The Morgan fingerprint density at radius 2 is 2.04 bits per heavy atom. The van der Waals surface area contributed by atoms with Crippen LogP contribution in [0.15, 0.2) is 42.5 Å². The van der Waals surface area contributed by atoms with E-state index in [1.54, 1.807) is 25.1 Å². The summed E-state index contributed by atoms with van der Waals surface area (Å²) in [5.41, 5.74) is 2.04. The highest BCUT2D eigenvalue weighted by Gasteiger charge is 2.14. The monoisotopic (exact) mass is 324 g/mol. The van der Waals surface area contributed by atoms with Crippen LogP contribution in [0.2, 0.25) is 0 Å². The third-order valence-electron chi connectivity index (χ3n) is 3.72. The summed E-state index contributed by atoms with van der Waals surface area (Å²) >= 11 is 0. The average Bonchev–Trinajstić information content (AvgIpc) is 3.06. The number of aromatic amines is 1. The summed E-state index contributed by atoms with van der Waals surface area (Å²) in [4.78, 5) is 16.8. The molecule has 0 saturated carbocycles. The first-order valence-corrected chi connectivity index (χ1v) is 7.66. The second-order valence-corrected chi connectivity index (χ2v) is 5.42. The second kappa shape index (κ2) is 6.62. The van der Waals surface area contributed by atoms with Crippen LogP contribution in [-0.2, 0) is 6.42 Å². The average molecular weight is 324 g/mol. The molecule has 0 spiro atoms. The predicted molar refractivity (Wildman–Crippen MR) is 90.3 cm³/mol. The molecule has 122 valence electrons. The van der Waals surface area contributed by atoms with Gasteiger partial charge in [-0.3, -0.25) is 9.89 Å². The molecule has 2 aromatic carbocycles. The van der Waals surface area contributed by atoms with Gasteiger partial charge < -0.3 is 5.32 Å². The first-order chi connectivity index (χ1) is 11.6. The van der Waals surface area contributed by atoms with Gasteiger partial charge in [-0.15, -0.1) is 0 Å². The van der Waals surface area contributed by atoms with Gasteiger partial charge in [0, 0.05) is 17.5 Å². The minimum absolute atomic E-state index is 0.261. The fraction of sp³-hybridized carbons (Fsp3) is 0.167. The Morgan fingerprint density at radius 1 is 1.25 bits per heavy atom. The van der Waals surface area contributed by atoms with Gasteiger partial charge in [-0.1, -0.05) is 25.1 Å². The zero-order valence-corrected chi connectivity index (χ0v) is 13.4. The van der Waals surface area contributed by atoms with Crippen molar-refractivity contribution in [2.45, 2.75) is 20.3 Å². The number of H-pyrrole nitrogens is 1. The molecule has 3 rings (SSSR count). The van der Waals surface area contributed by atoms with Crippen LogP contribution < -0.4 is 5.32 Å². The standard InChI is InChI=1S/C18H17FN4O/c1-3-16-21-17(23-22-16)13-6-4-5-7-15(13)20-18(24)12-9-8-11(2)14(19)10-12/h4-10H,3H2,1-2H3,(H,20,24)(H,21,22,23). The lowest BCUT2D eigenvalue weighted by atomic mass is 10.1. The Labute approximate surface area is 138 Å². The Morgan fingerprint density at radius 3 is 2.75 bits per heavy atom. The zero-order valence-electron chi connectivity index (χ0n) is 13.4. The number of benzene rings is 2. The van der Waals surface area contributed by atoms with Crippen molar-refractivity contribution in [3.05, 3.63) is 65.2 Å². The van der Waals surface area contributed by atoms with Gasteiger partial charge in [-0.05, 0) is 36.8 Å². The molecular weight excluding hydrogens is 307 g/mol. The quantitative estimate of drug-likeness (QED) is 0.768. The van der Waals surface area contributed by atoms with E-state index in [-0.39, 0.29) is 11.5 Å². The highest BCUT2D eigenvalue weighted by Crippen LogP contribution is 2.25. The van der Waals surface area contributed by atoms with Gasteiger partial charge in [0.2, 0.25) is 0 Å². The van der Waals surface area contributed by atoms with Crippen LogP contribution in [0.1, 0.15) is 28.7 Å². The van der Waals surface area contributed by atoms with Gasteiger partial charge in [0.05, 0.1) is 5.69 Å². The minimum Gasteiger partial charge on any atom is -0.321 e. The van der Waals surface area contributed by atoms with E-state index in [0.29, 0.717) is 22.6 Å². The van der Waals surface area contributed by atoms with E-state index in [0.717, 1.165) is 12.2 Å². The van der Waals surface area contributed by atoms with Crippen LogP contribution in [0, 0.1) is 12.7 Å². The van der Waals surface area contributed by atoms with Gasteiger partial charge >= 0.3 is 0 Å². The third kappa shape index (κ3) is 3.17. The predicted octanol–water partition coefficient (Wildman–Crippen LogP) is 3.73. The maximum absolute atomic E-state index is 13.7. The summed E-state index contributed by atoms with van der Waals surface area (Å²) in [5.74, 6) is 0.495. The molecular formula is C18H17FN4O. The highest BCUT2D eigenvalue weighted by atomic mass is 19.1. The van der Waals surface area contributed by atoms with E-state index < -0.39 is 5.82 Å². The summed E-state index contributed by atoms with van der Waals surface area (Å²) in [6, 6.07) is 11.7. The van der Waals surface area contributed by atoms with Crippen molar-refractivity contribution < 1.29 is 9.18 Å². The van der Waals surface area contributed by atoms with Crippen LogP contribution in [-0.4, -0.2) is 21.1 Å². The van der Waals surface area contributed by atoms with E-state index in [4.69, 9.17) is 0 Å². The summed E-state index contributed by atoms with van der Waals surface area (Å²) in [5, 5.41) is 9.83. The maximum atomic E-state index is 13.7. The summed E-state index contributed by atoms with van der Waals surface area (Å²) < 4.78 is 13.7. The fourth-order valence-corrected chi connectivity index (χ4v) is 2.29. The molecule has 1 amide bonds. The summed E-state index contributed by atoms with van der Waals surface area (Å²) in [6.45, 7) is 3.63. The molecule has 6 heteroatoms. The molecule has 1 heterocycles. The van der Waals surface area contributed by atoms with Crippen LogP contribution in [0.25, 0.3) is 11.4 Å². The number of carbonyl (C=O) groups is 1.